The summed E-state index contributed by atoms with van der Waals surface area (Å²) in [5.41, 5.74) is -1.04. The normalized spacial score (nSPS) is 18.6. The van der Waals surface area contributed by atoms with E-state index >= 15 is 0 Å². The molecule has 1 aliphatic heterocycles. The predicted octanol–water partition coefficient (Wildman–Crippen LogP) is 2.32. The van der Waals surface area contributed by atoms with Gasteiger partial charge in [0.1, 0.15) is 6.54 Å². The molecule has 0 fully saturated rings. The molecule has 1 aliphatic rings. The third-order valence-corrected chi connectivity index (χ3v) is 4.59. The third-order valence-electron chi connectivity index (χ3n) is 4.34. The molecule has 26 heavy (non-hydrogen) atoms. The van der Waals surface area contributed by atoms with Crippen molar-refractivity contribution in [1.82, 2.24) is 0 Å². The molecular formula is C19H16ClNO5. The van der Waals surface area contributed by atoms with E-state index in [4.69, 9.17) is 11.6 Å². The van der Waals surface area contributed by atoms with Crippen molar-refractivity contribution in [2.24, 2.45) is 0 Å². The fraction of sp³-hybridized carbons (Fsp3) is 0.211. The van der Waals surface area contributed by atoms with Crippen molar-refractivity contribution in [3.05, 3.63) is 64.7 Å². The van der Waals surface area contributed by atoms with Gasteiger partial charge >= 0.3 is 5.97 Å². The highest BCUT2D eigenvalue weighted by Crippen LogP contribution is 2.42. The standard InChI is InChI=1S/C19H16ClNO5/c1-26-17(23)11-21-15-5-3-2-4-14(15)19(25,18(21)24)10-16(22)12-6-8-13(20)9-7-12/h2-9,25H,10-11H2,1H3/t19-/m1/s1. The van der Waals surface area contributed by atoms with Gasteiger partial charge in [-0.2, -0.15) is 0 Å². The lowest BCUT2D eigenvalue weighted by atomic mass is 9.88. The monoisotopic (exact) mass is 373 g/mol. The lowest BCUT2D eigenvalue weighted by Gasteiger charge is -2.22. The van der Waals surface area contributed by atoms with E-state index in [1.54, 1.807) is 36.4 Å². The Morgan fingerprint density at radius 2 is 1.81 bits per heavy atom. The summed E-state index contributed by atoms with van der Waals surface area (Å²) in [7, 11) is 1.21. The summed E-state index contributed by atoms with van der Waals surface area (Å²) < 4.78 is 4.61. The Morgan fingerprint density at radius 1 is 1.15 bits per heavy atom. The Hall–Kier alpha value is -2.70. The molecule has 0 aliphatic carbocycles. The summed E-state index contributed by atoms with van der Waals surface area (Å²) in [6.45, 7) is -0.343. The number of ketones is 1. The summed E-state index contributed by atoms with van der Waals surface area (Å²) in [5, 5.41) is 11.5. The van der Waals surface area contributed by atoms with Gasteiger partial charge in [0.25, 0.3) is 5.91 Å². The fourth-order valence-corrected chi connectivity index (χ4v) is 3.12. The summed E-state index contributed by atoms with van der Waals surface area (Å²) in [4.78, 5) is 38.2. The van der Waals surface area contributed by atoms with Gasteiger partial charge in [0.05, 0.1) is 19.2 Å². The van der Waals surface area contributed by atoms with E-state index in [2.05, 4.69) is 4.74 Å². The molecule has 6 nitrogen and oxygen atoms in total. The second-order valence-corrected chi connectivity index (χ2v) is 6.39. The summed E-state index contributed by atoms with van der Waals surface area (Å²) in [5.74, 6) is -1.76. The van der Waals surface area contributed by atoms with Crippen LogP contribution in [0.1, 0.15) is 22.3 Å². The van der Waals surface area contributed by atoms with E-state index in [1.807, 2.05) is 0 Å². The SMILES string of the molecule is COC(=O)CN1C(=O)[C@@](O)(CC(=O)c2ccc(Cl)cc2)c2ccccc21. The second-order valence-electron chi connectivity index (χ2n) is 5.95. The molecule has 1 atom stereocenters. The maximum Gasteiger partial charge on any atom is 0.325 e. The Labute approximate surface area is 154 Å². The van der Waals surface area contributed by atoms with Crippen LogP contribution in [0.3, 0.4) is 0 Å². The number of hydrogen-bond donors (Lipinski definition) is 1. The van der Waals surface area contributed by atoms with Crippen molar-refractivity contribution >= 4 is 34.9 Å². The number of para-hydroxylation sites is 1. The van der Waals surface area contributed by atoms with Crippen LogP contribution in [0.2, 0.25) is 5.02 Å². The van der Waals surface area contributed by atoms with E-state index < -0.39 is 29.7 Å². The summed E-state index contributed by atoms with van der Waals surface area (Å²) in [6.07, 6.45) is -0.442. The first kappa shape index (κ1) is 18.1. The van der Waals surface area contributed by atoms with Crippen LogP contribution in [0.15, 0.2) is 48.5 Å². The first-order valence-corrected chi connectivity index (χ1v) is 8.24. The van der Waals surface area contributed by atoms with Crippen molar-refractivity contribution in [2.45, 2.75) is 12.0 Å². The number of amides is 1. The average Bonchev–Trinajstić information content (AvgIpc) is 2.84. The van der Waals surface area contributed by atoms with E-state index in [1.165, 1.54) is 19.2 Å². The zero-order valence-electron chi connectivity index (χ0n) is 13.9. The fourth-order valence-electron chi connectivity index (χ4n) is 3.00. The van der Waals surface area contributed by atoms with E-state index in [9.17, 15) is 19.5 Å². The number of halogens is 1. The van der Waals surface area contributed by atoms with Crippen LogP contribution in [0.4, 0.5) is 5.69 Å². The van der Waals surface area contributed by atoms with Crippen LogP contribution in [0, 0.1) is 0 Å². The first-order valence-electron chi connectivity index (χ1n) is 7.86. The predicted molar refractivity (Wildman–Crippen MR) is 95.1 cm³/mol. The number of carbonyl (C=O) groups is 3. The number of Topliss-reactive ketones (excluding diaryl/α,β-unsaturated/α-hetero) is 1. The lowest BCUT2D eigenvalue weighted by molar-refractivity contribution is -0.142. The zero-order chi connectivity index (χ0) is 18.9. The largest absolute Gasteiger partial charge is 0.468 e. The van der Waals surface area contributed by atoms with Gasteiger partial charge in [-0.15, -0.1) is 0 Å². The summed E-state index contributed by atoms with van der Waals surface area (Å²) >= 11 is 5.82. The Balaban J connectivity index is 1.95. The van der Waals surface area contributed by atoms with Crippen LogP contribution < -0.4 is 4.90 Å². The molecule has 3 rings (SSSR count). The molecule has 2 aromatic carbocycles. The van der Waals surface area contributed by atoms with Gasteiger partial charge in [-0.1, -0.05) is 29.8 Å². The molecule has 7 heteroatoms. The quantitative estimate of drug-likeness (QED) is 0.642. The number of carbonyl (C=O) groups excluding carboxylic acids is 3. The topological polar surface area (TPSA) is 83.9 Å². The number of aliphatic hydroxyl groups is 1. The number of esters is 1. The van der Waals surface area contributed by atoms with Crippen LogP contribution in [0.25, 0.3) is 0 Å². The van der Waals surface area contributed by atoms with Crippen molar-refractivity contribution < 1.29 is 24.2 Å². The van der Waals surface area contributed by atoms with Gasteiger partial charge in [0.2, 0.25) is 0 Å². The lowest BCUT2D eigenvalue weighted by Crippen LogP contribution is -2.43. The van der Waals surface area contributed by atoms with Gasteiger partial charge < -0.3 is 9.84 Å². The van der Waals surface area contributed by atoms with Crippen molar-refractivity contribution in [1.29, 1.82) is 0 Å². The maximum absolute atomic E-state index is 12.9. The number of hydrogen-bond acceptors (Lipinski definition) is 5. The Bertz CT molecular complexity index is 880. The molecule has 134 valence electrons. The highest BCUT2D eigenvalue weighted by atomic mass is 35.5. The number of methoxy groups -OCH3 is 1. The van der Waals surface area contributed by atoms with Crippen LogP contribution in [-0.2, 0) is 19.9 Å². The van der Waals surface area contributed by atoms with E-state index in [-0.39, 0.29) is 12.1 Å². The van der Waals surface area contributed by atoms with Gasteiger partial charge in [0.15, 0.2) is 11.4 Å². The van der Waals surface area contributed by atoms with Gasteiger partial charge in [-0.3, -0.25) is 19.3 Å². The molecule has 1 heterocycles. The molecule has 0 unspecified atom stereocenters. The number of rotatable bonds is 5. The van der Waals surface area contributed by atoms with Gasteiger partial charge in [0, 0.05) is 16.1 Å². The number of fused-ring (bicyclic) bond motifs is 1. The number of benzene rings is 2. The average molecular weight is 374 g/mol. The minimum Gasteiger partial charge on any atom is -0.468 e. The molecule has 0 spiro atoms. The molecule has 2 aromatic rings. The first-order chi connectivity index (χ1) is 12.4. The highest BCUT2D eigenvalue weighted by Gasteiger charge is 2.51. The molecule has 1 amide bonds. The molecule has 0 bridgehead atoms. The zero-order valence-corrected chi connectivity index (χ0v) is 14.7. The Morgan fingerprint density at radius 3 is 2.46 bits per heavy atom. The number of ether oxygens (including phenoxy) is 1. The van der Waals surface area contributed by atoms with Crippen LogP contribution in [0.5, 0.6) is 0 Å². The van der Waals surface area contributed by atoms with Crippen LogP contribution in [-0.4, -0.2) is 36.4 Å². The molecule has 0 radical (unpaired) electrons. The van der Waals surface area contributed by atoms with Gasteiger partial charge in [-0.25, -0.2) is 0 Å². The minimum atomic E-state index is -2.04. The number of anilines is 1. The smallest absolute Gasteiger partial charge is 0.325 e. The number of nitrogens with zero attached hydrogens (tertiary/aromatic N) is 1. The van der Waals surface area contributed by atoms with Gasteiger partial charge in [-0.05, 0) is 30.3 Å². The van der Waals surface area contributed by atoms with Crippen molar-refractivity contribution in [2.75, 3.05) is 18.6 Å². The van der Waals surface area contributed by atoms with Crippen LogP contribution >= 0.6 is 11.6 Å². The van der Waals surface area contributed by atoms with E-state index in [0.29, 0.717) is 16.3 Å². The van der Waals surface area contributed by atoms with Crippen molar-refractivity contribution in [3.63, 3.8) is 0 Å². The molecule has 0 aromatic heterocycles. The molecule has 0 saturated heterocycles. The third kappa shape index (κ3) is 3.09. The van der Waals surface area contributed by atoms with E-state index in [0.717, 1.165) is 4.90 Å². The maximum atomic E-state index is 12.9. The summed E-state index contributed by atoms with van der Waals surface area (Å²) in [6, 6.07) is 12.7. The minimum absolute atomic E-state index is 0.288. The highest BCUT2D eigenvalue weighted by molar-refractivity contribution is 6.30. The molecular weight excluding hydrogens is 358 g/mol. The second kappa shape index (κ2) is 6.90. The molecule has 1 N–H and O–H groups in total. The van der Waals surface area contributed by atoms with Crippen molar-refractivity contribution in [3.8, 4) is 0 Å². The molecule has 0 saturated carbocycles. The Kier molecular flexibility index (Phi) is 4.80.